The molecule has 0 aliphatic heterocycles. The molecule has 1 aliphatic rings. The zero-order chi connectivity index (χ0) is 12.3. The quantitative estimate of drug-likeness (QED) is 0.819. The van der Waals surface area contributed by atoms with Gasteiger partial charge in [0.05, 0.1) is 12.5 Å². The number of hydrogen-bond donors (Lipinski definition) is 1. The number of amides is 1. The Hall–Kier alpha value is -1.22. The third-order valence-electron chi connectivity index (χ3n) is 2.72. The highest BCUT2D eigenvalue weighted by Crippen LogP contribution is 2.31. The van der Waals surface area contributed by atoms with E-state index in [9.17, 15) is 4.79 Å². The monoisotopic (exact) mass is 253 g/mol. The van der Waals surface area contributed by atoms with E-state index in [0.717, 1.165) is 29.8 Å². The number of carbonyl (C=O) groups excluding carboxylic acids is 1. The number of anilines is 1. The van der Waals surface area contributed by atoms with Crippen molar-refractivity contribution in [2.75, 3.05) is 11.9 Å². The van der Waals surface area contributed by atoms with Crippen molar-refractivity contribution in [3.8, 4) is 5.75 Å². The minimum atomic E-state index is 0.106. The van der Waals surface area contributed by atoms with Gasteiger partial charge in [-0.2, -0.15) is 0 Å². The van der Waals surface area contributed by atoms with E-state index in [1.165, 1.54) is 0 Å². The van der Waals surface area contributed by atoms with E-state index in [1.807, 2.05) is 25.1 Å². The molecule has 0 unspecified atom stereocenters. The summed E-state index contributed by atoms with van der Waals surface area (Å²) >= 11 is 5.86. The summed E-state index contributed by atoms with van der Waals surface area (Å²) < 4.78 is 5.45. The van der Waals surface area contributed by atoms with Crippen molar-refractivity contribution in [1.82, 2.24) is 0 Å². The van der Waals surface area contributed by atoms with E-state index in [-0.39, 0.29) is 11.8 Å². The van der Waals surface area contributed by atoms with Gasteiger partial charge in [-0.1, -0.05) is 0 Å². The molecule has 1 aromatic carbocycles. The first-order valence-corrected chi connectivity index (χ1v) is 6.40. The number of alkyl halides is 1. The summed E-state index contributed by atoms with van der Waals surface area (Å²) in [6.45, 7) is 2.54. The van der Waals surface area contributed by atoms with E-state index in [4.69, 9.17) is 16.3 Å². The third-order valence-corrected chi connectivity index (χ3v) is 3.01. The molecule has 0 radical (unpaired) electrons. The average molecular weight is 254 g/mol. The Bertz CT molecular complexity index is 416. The van der Waals surface area contributed by atoms with Gasteiger partial charge < -0.3 is 10.1 Å². The number of ether oxygens (including phenoxy) is 1. The van der Waals surface area contributed by atoms with Crippen LogP contribution in [0.3, 0.4) is 0 Å². The van der Waals surface area contributed by atoms with Crippen molar-refractivity contribution in [3.05, 3.63) is 23.8 Å². The predicted molar refractivity (Wildman–Crippen MR) is 68.5 cm³/mol. The predicted octanol–water partition coefficient (Wildman–Crippen LogP) is 3.17. The lowest BCUT2D eigenvalue weighted by molar-refractivity contribution is -0.117. The molecule has 2 rings (SSSR count). The molecule has 17 heavy (non-hydrogen) atoms. The van der Waals surface area contributed by atoms with Gasteiger partial charge in [-0.25, -0.2) is 0 Å². The van der Waals surface area contributed by atoms with E-state index >= 15 is 0 Å². The maximum atomic E-state index is 11.6. The molecule has 0 aromatic heterocycles. The summed E-state index contributed by atoms with van der Waals surface area (Å²) in [6.07, 6.45) is 2.01. The molecule has 1 aliphatic carbocycles. The molecule has 0 bridgehead atoms. The lowest BCUT2D eigenvalue weighted by Crippen LogP contribution is -2.13. The van der Waals surface area contributed by atoms with Crippen molar-refractivity contribution in [1.29, 1.82) is 0 Å². The first kappa shape index (κ1) is 12.2. The van der Waals surface area contributed by atoms with Crippen LogP contribution in [-0.2, 0) is 10.7 Å². The molecule has 1 N–H and O–H groups in total. The second-order valence-corrected chi connectivity index (χ2v) is 4.42. The number of hydrogen-bond acceptors (Lipinski definition) is 2. The number of benzene rings is 1. The first-order valence-electron chi connectivity index (χ1n) is 5.87. The Morgan fingerprint density at radius 1 is 1.53 bits per heavy atom. The summed E-state index contributed by atoms with van der Waals surface area (Å²) in [5.74, 6) is 1.48. The highest BCUT2D eigenvalue weighted by molar-refractivity contribution is 6.17. The maximum absolute atomic E-state index is 11.6. The molecule has 1 saturated carbocycles. The van der Waals surface area contributed by atoms with Crippen molar-refractivity contribution < 1.29 is 9.53 Å². The molecular formula is C13H16ClNO2. The second kappa shape index (κ2) is 5.41. The van der Waals surface area contributed by atoms with E-state index in [1.54, 1.807) is 0 Å². The average Bonchev–Trinajstić information content (AvgIpc) is 3.15. The fourth-order valence-electron chi connectivity index (χ4n) is 1.65. The summed E-state index contributed by atoms with van der Waals surface area (Å²) in [4.78, 5) is 11.6. The Morgan fingerprint density at radius 2 is 2.29 bits per heavy atom. The van der Waals surface area contributed by atoms with Crippen LogP contribution in [-0.4, -0.2) is 12.5 Å². The zero-order valence-electron chi connectivity index (χ0n) is 9.83. The SMILES string of the molecule is CCOc1ccc(NC(=O)C2CC2)cc1CCl. The molecule has 92 valence electrons. The molecule has 0 spiro atoms. The molecule has 0 atom stereocenters. The van der Waals surface area contributed by atoms with Gasteiger partial charge in [-0.15, -0.1) is 11.6 Å². The number of halogens is 1. The van der Waals surface area contributed by atoms with Crippen molar-refractivity contribution >= 4 is 23.2 Å². The Morgan fingerprint density at radius 3 is 2.88 bits per heavy atom. The summed E-state index contributed by atoms with van der Waals surface area (Å²) in [6, 6.07) is 5.57. The molecule has 1 amide bonds. The first-order chi connectivity index (χ1) is 8.24. The van der Waals surface area contributed by atoms with Gasteiger partial charge in [0, 0.05) is 17.2 Å². The molecule has 1 fully saturated rings. The largest absolute Gasteiger partial charge is 0.494 e. The second-order valence-electron chi connectivity index (χ2n) is 4.15. The standard InChI is InChI=1S/C13H16ClNO2/c1-2-17-12-6-5-11(7-10(12)8-14)15-13(16)9-3-4-9/h5-7,9H,2-4,8H2,1H3,(H,15,16). The molecule has 4 heteroatoms. The molecule has 0 heterocycles. The molecular weight excluding hydrogens is 238 g/mol. The van der Waals surface area contributed by atoms with Crippen molar-refractivity contribution in [3.63, 3.8) is 0 Å². The van der Waals surface area contributed by atoms with Crippen LogP contribution < -0.4 is 10.1 Å². The van der Waals surface area contributed by atoms with Gasteiger partial charge >= 0.3 is 0 Å². The molecule has 0 saturated heterocycles. The van der Waals surface area contributed by atoms with E-state index < -0.39 is 0 Å². The smallest absolute Gasteiger partial charge is 0.227 e. The Labute approximate surface area is 106 Å². The number of nitrogens with one attached hydrogen (secondary N) is 1. The van der Waals surface area contributed by atoms with Crippen LogP contribution in [0, 0.1) is 5.92 Å². The van der Waals surface area contributed by atoms with Crippen LogP contribution in [0.15, 0.2) is 18.2 Å². The topological polar surface area (TPSA) is 38.3 Å². The lowest BCUT2D eigenvalue weighted by Gasteiger charge is -2.11. The zero-order valence-corrected chi connectivity index (χ0v) is 10.6. The van der Waals surface area contributed by atoms with Gasteiger partial charge in [0.1, 0.15) is 5.75 Å². The van der Waals surface area contributed by atoms with Crippen molar-refractivity contribution in [2.45, 2.75) is 25.6 Å². The van der Waals surface area contributed by atoms with Gasteiger partial charge in [-0.05, 0) is 38.0 Å². The lowest BCUT2D eigenvalue weighted by atomic mass is 10.2. The fourth-order valence-corrected chi connectivity index (χ4v) is 1.86. The highest BCUT2D eigenvalue weighted by atomic mass is 35.5. The normalized spacial score (nSPS) is 14.5. The Balaban J connectivity index is 2.09. The molecule has 3 nitrogen and oxygen atoms in total. The summed E-state index contributed by atoms with van der Waals surface area (Å²) in [7, 11) is 0. The minimum Gasteiger partial charge on any atom is -0.494 e. The van der Waals surface area contributed by atoms with Crippen LogP contribution in [0.25, 0.3) is 0 Å². The van der Waals surface area contributed by atoms with Crippen LogP contribution in [0.4, 0.5) is 5.69 Å². The minimum absolute atomic E-state index is 0.106. The van der Waals surface area contributed by atoms with Gasteiger partial charge in [-0.3, -0.25) is 4.79 Å². The van der Waals surface area contributed by atoms with Crippen LogP contribution >= 0.6 is 11.6 Å². The highest BCUT2D eigenvalue weighted by Gasteiger charge is 2.29. The summed E-state index contributed by atoms with van der Waals surface area (Å²) in [5.41, 5.74) is 1.70. The van der Waals surface area contributed by atoms with E-state index in [2.05, 4.69) is 5.32 Å². The third kappa shape index (κ3) is 3.13. The van der Waals surface area contributed by atoms with Gasteiger partial charge in [0.25, 0.3) is 0 Å². The van der Waals surface area contributed by atoms with Gasteiger partial charge in [0.15, 0.2) is 0 Å². The van der Waals surface area contributed by atoms with Gasteiger partial charge in [0.2, 0.25) is 5.91 Å². The maximum Gasteiger partial charge on any atom is 0.227 e. The molecule has 1 aromatic rings. The number of carbonyl (C=O) groups is 1. The Kier molecular flexibility index (Phi) is 3.89. The van der Waals surface area contributed by atoms with Crippen LogP contribution in [0.1, 0.15) is 25.3 Å². The van der Waals surface area contributed by atoms with Crippen LogP contribution in [0.2, 0.25) is 0 Å². The summed E-state index contributed by atoms with van der Waals surface area (Å²) in [5, 5.41) is 2.89. The van der Waals surface area contributed by atoms with Crippen LogP contribution in [0.5, 0.6) is 5.75 Å². The van der Waals surface area contributed by atoms with Crippen molar-refractivity contribution in [2.24, 2.45) is 5.92 Å². The van der Waals surface area contributed by atoms with E-state index in [0.29, 0.717) is 12.5 Å². The fraction of sp³-hybridized carbons (Fsp3) is 0.462. The number of rotatable bonds is 5.